The first-order valence-electron chi connectivity index (χ1n) is 10.9. The van der Waals surface area contributed by atoms with Crippen LogP contribution >= 0.6 is 0 Å². The zero-order valence-corrected chi connectivity index (χ0v) is 18.4. The van der Waals surface area contributed by atoms with Gasteiger partial charge in [0, 0.05) is 52.3 Å². The van der Waals surface area contributed by atoms with Gasteiger partial charge in [0.25, 0.3) is 0 Å². The Hall–Kier alpha value is -2.82. The van der Waals surface area contributed by atoms with Gasteiger partial charge in [-0.25, -0.2) is 0 Å². The Labute approximate surface area is 180 Å². The lowest BCUT2D eigenvalue weighted by molar-refractivity contribution is -0.145. The minimum atomic E-state index is -0.480. The van der Waals surface area contributed by atoms with E-state index in [2.05, 4.69) is 12.1 Å². The SMILES string of the molecule is CCC(=O)N(Cc1ccc(N(C)C)cc1)C(Cc1ccccc1)C(=O)N1CCCC1. The molecule has 0 N–H and O–H groups in total. The van der Waals surface area contributed by atoms with Gasteiger partial charge < -0.3 is 14.7 Å². The summed E-state index contributed by atoms with van der Waals surface area (Å²) in [4.78, 5) is 32.2. The van der Waals surface area contributed by atoms with E-state index in [4.69, 9.17) is 0 Å². The lowest BCUT2D eigenvalue weighted by atomic mass is 10.0. The lowest BCUT2D eigenvalue weighted by Gasteiger charge is -2.34. The van der Waals surface area contributed by atoms with Gasteiger partial charge in [-0.15, -0.1) is 0 Å². The summed E-state index contributed by atoms with van der Waals surface area (Å²) >= 11 is 0. The Kier molecular flexibility index (Phi) is 7.50. The van der Waals surface area contributed by atoms with Gasteiger partial charge in [-0.3, -0.25) is 9.59 Å². The maximum atomic E-state index is 13.5. The van der Waals surface area contributed by atoms with Crippen molar-refractivity contribution in [2.24, 2.45) is 0 Å². The van der Waals surface area contributed by atoms with Crippen LogP contribution in [0.4, 0.5) is 5.69 Å². The molecule has 0 radical (unpaired) electrons. The molecule has 160 valence electrons. The summed E-state index contributed by atoms with van der Waals surface area (Å²) in [6.45, 7) is 3.88. The molecule has 3 rings (SSSR count). The van der Waals surface area contributed by atoms with Crippen LogP contribution in [0, 0.1) is 0 Å². The standard InChI is InChI=1S/C25H33N3O2/c1-4-24(29)28(19-21-12-14-22(15-13-21)26(2)3)23(18-20-10-6-5-7-11-20)25(30)27-16-8-9-17-27/h5-7,10-15,23H,4,8-9,16-19H2,1-3H3. The fourth-order valence-corrected chi connectivity index (χ4v) is 3.99. The molecular formula is C25H33N3O2. The van der Waals surface area contributed by atoms with Gasteiger partial charge in [0.1, 0.15) is 6.04 Å². The molecule has 0 aromatic heterocycles. The Balaban J connectivity index is 1.89. The van der Waals surface area contributed by atoms with Crippen LogP contribution in [0.1, 0.15) is 37.3 Å². The molecular weight excluding hydrogens is 374 g/mol. The van der Waals surface area contributed by atoms with Crippen LogP contribution in [-0.4, -0.2) is 54.8 Å². The van der Waals surface area contributed by atoms with E-state index in [9.17, 15) is 9.59 Å². The molecule has 30 heavy (non-hydrogen) atoms. The largest absolute Gasteiger partial charge is 0.378 e. The highest BCUT2D eigenvalue weighted by Crippen LogP contribution is 2.21. The topological polar surface area (TPSA) is 43.9 Å². The molecule has 1 heterocycles. The van der Waals surface area contributed by atoms with Crippen LogP contribution in [-0.2, 0) is 22.6 Å². The van der Waals surface area contributed by atoms with Crippen molar-refractivity contribution >= 4 is 17.5 Å². The van der Waals surface area contributed by atoms with Crippen molar-refractivity contribution in [2.75, 3.05) is 32.1 Å². The van der Waals surface area contributed by atoms with Crippen molar-refractivity contribution in [1.82, 2.24) is 9.80 Å². The van der Waals surface area contributed by atoms with Gasteiger partial charge in [-0.05, 0) is 36.1 Å². The van der Waals surface area contributed by atoms with Crippen LogP contribution in [0.15, 0.2) is 54.6 Å². The summed E-state index contributed by atoms with van der Waals surface area (Å²) in [7, 11) is 4.01. The molecule has 0 bridgehead atoms. The Bertz CT molecular complexity index is 827. The number of amides is 2. The van der Waals surface area contributed by atoms with Crippen molar-refractivity contribution in [2.45, 2.75) is 45.2 Å². The number of carbonyl (C=O) groups excluding carboxylic acids is 2. The second-order valence-corrected chi connectivity index (χ2v) is 8.17. The first-order chi connectivity index (χ1) is 14.5. The van der Waals surface area contributed by atoms with Crippen molar-refractivity contribution in [3.8, 4) is 0 Å². The van der Waals surface area contributed by atoms with Gasteiger partial charge in [0.05, 0.1) is 0 Å². The summed E-state index contributed by atoms with van der Waals surface area (Å²) in [6, 6.07) is 17.7. The lowest BCUT2D eigenvalue weighted by Crippen LogP contribution is -2.51. The summed E-state index contributed by atoms with van der Waals surface area (Å²) in [6.07, 6.45) is 3.00. The molecule has 1 atom stereocenters. The van der Waals surface area contributed by atoms with Crippen LogP contribution in [0.2, 0.25) is 0 Å². The first-order valence-corrected chi connectivity index (χ1v) is 10.9. The molecule has 5 heteroatoms. The average Bonchev–Trinajstić information content (AvgIpc) is 3.31. The van der Waals surface area contributed by atoms with Crippen LogP contribution in [0.25, 0.3) is 0 Å². The van der Waals surface area contributed by atoms with E-state index in [1.807, 2.05) is 73.3 Å². The fraction of sp³-hybridized carbons (Fsp3) is 0.440. The third-order valence-electron chi connectivity index (χ3n) is 5.78. The molecule has 2 amide bonds. The highest BCUT2D eigenvalue weighted by Gasteiger charge is 2.33. The van der Waals surface area contributed by atoms with E-state index in [0.29, 0.717) is 19.4 Å². The van der Waals surface area contributed by atoms with Crippen molar-refractivity contribution in [3.63, 3.8) is 0 Å². The van der Waals surface area contributed by atoms with Crippen molar-refractivity contribution in [3.05, 3.63) is 65.7 Å². The van der Waals surface area contributed by atoms with Crippen molar-refractivity contribution in [1.29, 1.82) is 0 Å². The Morgan fingerprint density at radius 1 is 0.933 bits per heavy atom. The highest BCUT2D eigenvalue weighted by atomic mass is 16.2. The van der Waals surface area contributed by atoms with E-state index in [1.165, 1.54) is 0 Å². The van der Waals surface area contributed by atoms with Gasteiger partial charge in [-0.2, -0.15) is 0 Å². The molecule has 0 spiro atoms. The fourth-order valence-electron chi connectivity index (χ4n) is 3.99. The van der Waals surface area contributed by atoms with E-state index in [-0.39, 0.29) is 11.8 Å². The molecule has 1 unspecified atom stereocenters. The smallest absolute Gasteiger partial charge is 0.245 e. The van der Waals surface area contributed by atoms with E-state index < -0.39 is 6.04 Å². The summed E-state index contributed by atoms with van der Waals surface area (Å²) < 4.78 is 0. The number of likely N-dealkylation sites (tertiary alicyclic amines) is 1. The number of benzene rings is 2. The zero-order chi connectivity index (χ0) is 21.5. The predicted octanol–water partition coefficient (Wildman–Crippen LogP) is 3.72. The summed E-state index contributed by atoms with van der Waals surface area (Å²) in [5.74, 6) is 0.0863. The first kappa shape index (κ1) is 21.9. The highest BCUT2D eigenvalue weighted by molar-refractivity contribution is 5.88. The number of carbonyl (C=O) groups is 2. The predicted molar refractivity (Wildman–Crippen MR) is 121 cm³/mol. The molecule has 1 aliphatic rings. The van der Waals surface area contributed by atoms with Crippen LogP contribution in [0.5, 0.6) is 0 Å². The monoisotopic (exact) mass is 407 g/mol. The number of anilines is 1. The molecule has 1 saturated heterocycles. The number of hydrogen-bond donors (Lipinski definition) is 0. The van der Waals surface area contributed by atoms with E-state index in [1.54, 1.807) is 4.90 Å². The summed E-state index contributed by atoms with van der Waals surface area (Å²) in [5, 5.41) is 0. The molecule has 1 aliphatic heterocycles. The quantitative estimate of drug-likeness (QED) is 0.670. The van der Waals surface area contributed by atoms with Gasteiger partial charge in [-0.1, -0.05) is 49.4 Å². The molecule has 2 aromatic carbocycles. The second kappa shape index (κ2) is 10.3. The third kappa shape index (κ3) is 5.41. The molecule has 2 aromatic rings. The Morgan fingerprint density at radius 2 is 1.57 bits per heavy atom. The minimum absolute atomic E-state index is 0.0140. The van der Waals surface area contributed by atoms with E-state index in [0.717, 1.165) is 42.7 Å². The van der Waals surface area contributed by atoms with Gasteiger partial charge in [0.15, 0.2) is 0 Å². The molecule has 1 fully saturated rings. The molecule has 0 aliphatic carbocycles. The normalized spacial score (nSPS) is 14.4. The van der Waals surface area contributed by atoms with Gasteiger partial charge >= 0.3 is 0 Å². The maximum Gasteiger partial charge on any atom is 0.245 e. The van der Waals surface area contributed by atoms with Gasteiger partial charge in [0.2, 0.25) is 11.8 Å². The average molecular weight is 408 g/mol. The Morgan fingerprint density at radius 3 is 2.13 bits per heavy atom. The van der Waals surface area contributed by atoms with E-state index >= 15 is 0 Å². The van der Waals surface area contributed by atoms with Crippen LogP contribution in [0.3, 0.4) is 0 Å². The maximum absolute atomic E-state index is 13.5. The molecule has 5 nitrogen and oxygen atoms in total. The molecule has 0 saturated carbocycles. The second-order valence-electron chi connectivity index (χ2n) is 8.17. The number of rotatable bonds is 8. The van der Waals surface area contributed by atoms with Crippen LogP contribution < -0.4 is 4.90 Å². The number of hydrogen-bond acceptors (Lipinski definition) is 3. The number of nitrogens with zero attached hydrogens (tertiary/aromatic N) is 3. The third-order valence-corrected chi connectivity index (χ3v) is 5.78. The summed E-state index contributed by atoms with van der Waals surface area (Å²) in [5.41, 5.74) is 3.22. The van der Waals surface area contributed by atoms with Crippen molar-refractivity contribution < 1.29 is 9.59 Å². The zero-order valence-electron chi connectivity index (χ0n) is 18.4. The minimum Gasteiger partial charge on any atom is -0.378 e.